The first kappa shape index (κ1) is 20.5. The highest BCUT2D eigenvalue weighted by molar-refractivity contribution is 6.37. The van der Waals surface area contributed by atoms with E-state index < -0.39 is 24.0 Å². The molecule has 2 N–H and O–H groups in total. The average molecular weight is 401 g/mol. The van der Waals surface area contributed by atoms with Crippen molar-refractivity contribution in [2.24, 2.45) is 0 Å². The lowest BCUT2D eigenvalue weighted by Gasteiger charge is -2.25. The summed E-state index contributed by atoms with van der Waals surface area (Å²) in [5.74, 6) is -0.792. The molecule has 26 heavy (non-hydrogen) atoms. The number of aromatic nitrogens is 1. The van der Waals surface area contributed by atoms with E-state index in [9.17, 15) is 14.4 Å². The molecule has 0 bridgehead atoms. The van der Waals surface area contributed by atoms with Crippen LogP contribution in [0.1, 0.15) is 45.1 Å². The number of pyridine rings is 1. The largest absolute Gasteiger partial charge is 0.325 e. The standard InChI is InChI=1S/C17H22Cl2N4O3/c1-4-6-17(7-5-2)15(25)23(16(26)22-17)9-12(24)21-14-13(19)10(3)11(18)8-20-14/h8H,4-7,9H2,1-3H3,(H,22,26)(H,20,21,24). The van der Waals surface area contributed by atoms with Crippen LogP contribution in [0.15, 0.2) is 6.20 Å². The summed E-state index contributed by atoms with van der Waals surface area (Å²) in [5, 5.41) is 5.89. The van der Waals surface area contributed by atoms with Gasteiger partial charge in [-0.3, -0.25) is 14.5 Å². The molecule has 0 unspecified atom stereocenters. The Hall–Kier alpha value is -1.86. The molecule has 1 aromatic heterocycles. The van der Waals surface area contributed by atoms with Crippen LogP contribution in [0.2, 0.25) is 10.0 Å². The number of carbonyl (C=O) groups excluding carboxylic acids is 3. The van der Waals surface area contributed by atoms with E-state index >= 15 is 0 Å². The van der Waals surface area contributed by atoms with Crippen molar-refractivity contribution in [1.29, 1.82) is 0 Å². The number of urea groups is 1. The number of halogens is 2. The lowest BCUT2D eigenvalue weighted by molar-refractivity contribution is -0.134. The molecule has 9 heteroatoms. The monoisotopic (exact) mass is 400 g/mol. The zero-order valence-electron chi connectivity index (χ0n) is 15.0. The van der Waals surface area contributed by atoms with E-state index in [1.165, 1.54) is 6.20 Å². The van der Waals surface area contributed by atoms with E-state index in [-0.39, 0.29) is 16.7 Å². The highest BCUT2D eigenvalue weighted by Gasteiger charge is 2.50. The van der Waals surface area contributed by atoms with Gasteiger partial charge in [0.1, 0.15) is 12.1 Å². The first-order chi connectivity index (χ1) is 12.3. The maximum absolute atomic E-state index is 12.8. The van der Waals surface area contributed by atoms with Gasteiger partial charge in [0.15, 0.2) is 5.82 Å². The van der Waals surface area contributed by atoms with Crippen molar-refractivity contribution in [3.63, 3.8) is 0 Å². The first-order valence-corrected chi connectivity index (χ1v) is 9.26. The minimum absolute atomic E-state index is 0.138. The predicted octanol–water partition coefficient (Wildman–Crippen LogP) is 3.53. The fourth-order valence-electron chi connectivity index (χ4n) is 3.10. The summed E-state index contributed by atoms with van der Waals surface area (Å²) in [6.45, 7) is 5.19. The molecule has 0 aliphatic carbocycles. The smallest absolute Gasteiger partial charge is 0.323 e. The Morgan fingerprint density at radius 1 is 1.27 bits per heavy atom. The van der Waals surface area contributed by atoms with Crippen molar-refractivity contribution < 1.29 is 14.4 Å². The highest BCUT2D eigenvalue weighted by Crippen LogP contribution is 2.30. The molecule has 142 valence electrons. The van der Waals surface area contributed by atoms with Crippen molar-refractivity contribution in [3.05, 3.63) is 21.8 Å². The van der Waals surface area contributed by atoms with Gasteiger partial charge in [0.2, 0.25) is 5.91 Å². The van der Waals surface area contributed by atoms with Crippen molar-refractivity contribution in [2.45, 2.75) is 52.0 Å². The second-order valence-corrected chi connectivity index (χ2v) is 7.13. The molecule has 7 nitrogen and oxygen atoms in total. The topological polar surface area (TPSA) is 91.4 Å². The molecule has 0 atom stereocenters. The van der Waals surface area contributed by atoms with Gasteiger partial charge in [-0.15, -0.1) is 0 Å². The van der Waals surface area contributed by atoms with Gasteiger partial charge in [0.25, 0.3) is 5.91 Å². The number of nitrogens with one attached hydrogen (secondary N) is 2. The van der Waals surface area contributed by atoms with Crippen LogP contribution >= 0.6 is 23.2 Å². The Balaban J connectivity index is 2.13. The summed E-state index contributed by atoms with van der Waals surface area (Å²) in [6.07, 6.45) is 3.94. The molecule has 0 spiro atoms. The average Bonchev–Trinajstić information content (AvgIpc) is 2.80. The van der Waals surface area contributed by atoms with Crippen molar-refractivity contribution in [2.75, 3.05) is 11.9 Å². The van der Waals surface area contributed by atoms with Crippen molar-refractivity contribution in [1.82, 2.24) is 15.2 Å². The molecule has 0 aromatic carbocycles. The molecular formula is C17H22Cl2N4O3. The molecule has 0 saturated carbocycles. The lowest BCUT2D eigenvalue weighted by atomic mass is 9.88. The summed E-state index contributed by atoms with van der Waals surface area (Å²) in [7, 11) is 0. The van der Waals surface area contributed by atoms with E-state index in [4.69, 9.17) is 23.2 Å². The van der Waals surface area contributed by atoms with Gasteiger partial charge in [-0.2, -0.15) is 0 Å². The Kier molecular flexibility index (Phi) is 6.47. The van der Waals surface area contributed by atoms with Crippen LogP contribution in [0.5, 0.6) is 0 Å². The van der Waals surface area contributed by atoms with Crippen molar-refractivity contribution >= 4 is 46.9 Å². The number of hydrogen-bond acceptors (Lipinski definition) is 4. The van der Waals surface area contributed by atoms with Crippen molar-refractivity contribution in [3.8, 4) is 0 Å². The van der Waals surface area contributed by atoms with Crippen LogP contribution in [-0.2, 0) is 9.59 Å². The Morgan fingerprint density at radius 3 is 2.46 bits per heavy atom. The Bertz CT molecular complexity index is 733. The SMILES string of the molecule is CCCC1(CCC)NC(=O)N(CC(=O)Nc2ncc(Cl)c(C)c2Cl)C1=O. The Labute approximate surface area is 162 Å². The summed E-state index contributed by atoms with van der Waals surface area (Å²) in [5.41, 5.74) is -0.341. The van der Waals surface area contributed by atoms with Gasteiger partial charge < -0.3 is 10.6 Å². The number of carbonyl (C=O) groups is 3. The van der Waals surface area contributed by atoms with Gasteiger partial charge >= 0.3 is 6.03 Å². The lowest BCUT2D eigenvalue weighted by Crippen LogP contribution is -2.47. The number of hydrogen-bond donors (Lipinski definition) is 2. The second kappa shape index (κ2) is 8.22. The summed E-state index contributed by atoms with van der Waals surface area (Å²) >= 11 is 12.0. The zero-order chi connectivity index (χ0) is 19.5. The molecule has 1 aromatic rings. The molecule has 1 saturated heterocycles. The molecule has 4 amide bonds. The van der Waals surface area contributed by atoms with Gasteiger partial charge in [-0.25, -0.2) is 9.78 Å². The fraction of sp³-hybridized carbons (Fsp3) is 0.529. The molecule has 2 rings (SSSR count). The fourth-order valence-corrected chi connectivity index (χ4v) is 3.49. The third kappa shape index (κ3) is 3.94. The first-order valence-electron chi connectivity index (χ1n) is 8.50. The summed E-state index contributed by atoms with van der Waals surface area (Å²) in [6, 6.07) is -0.557. The third-order valence-corrected chi connectivity index (χ3v) is 5.20. The number of anilines is 1. The summed E-state index contributed by atoms with van der Waals surface area (Å²) < 4.78 is 0. The number of nitrogens with zero attached hydrogens (tertiary/aromatic N) is 2. The normalized spacial score (nSPS) is 16.0. The van der Waals surface area contributed by atoms with Crippen LogP contribution in [-0.4, -0.2) is 39.8 Å². The van der Waals surface area contributed by atoms with E-state index in [1.807, 2.05) is 13.8 Å². The zero-order valence-corrected chi connectivity index (χ0v) is 16.5. The maximum Gasteiger partial charge on any atom is 0.325 e. The quantitative estimate of drug-likeness (QED) is 0.684. The molecule has 0 radical (unpaired) electrons. The van der Waals surface area contributed by atoms with Gasteiger partial charge in [0, 0.05) is 6.20 Å². The van der Waals surface area contributed by atoms with Gasteiger partial charge in [-0.05, 0) is 25.3 Å². The molecular weight excluding hydrogens is 379 g/mol. The molecule has 2 heterocycles. The van der Waals surface area contributed by atoms with Gasteiger partial charge in [-0.1, -0.05) is 49.9 Å². The van der Waals surface area contributed by atoms with Crippen LogP contribution < -0.4 is 10.6 Å². The highest BCUT2D eigenvalue weighted by atomic mass is 35.5. The predicted molar refractivity (Wildman–Crippen MR) is 100 cm³/mol. The van der Waals surface area contributed by atoms with E-state index in [1.54, 1.807) is 6.92 Å². The Morgan fingerprint density at radius 2 is 1.88 bits per heavy atom. The summed E-state index contributed by atoms with van der Waals surface area (Å²) in [4.78, 5) is 42.3. The number of rotatable bonds is 7. The molecule has 1 aliphatic rings. The molecule has 1 fully saturated rings. The van der Waals surface area contributed by atoms with Crippen LogP contribution in [0.25, 0.3) is 0 Å². The number of amides is 4. The van der Waals surface area contributed by atoms with Crippen LogP contribution in [0.4, 0.5) is 10.6 Å². The van der Waals surface area contributed by atoms with E-state index in [2.05, 4.69) is 15.6 Å². The van der Waals surface area contributed by atoms with Gasteiger partial charge in [0.05, 0.1) is 10.0 Å². The minimum Gasteiger partial charge on any atom is -0.323 e. The van der Waals surface area contributed by atoms with Crippen LogP contribution in [0, 0.1) is 6.92 Å². The molecule has 1 aliphatic heterocycles. The maximum atomic E-state index is 12.8. The van der Waals surface area contributed by atoms with Crippen LogP contribution in [0.3, 0.4) is 0 Å². The van der Waals surface area contributed by atoms with E-state index in [0.29, 0.717) is 23.4 Å². The third-order valence-electron chi connectivity index (χ3n) is 4.36. The second-order valence-electron chi connectivity index (χ2n) is 6.35. The number of imide groups is 1. The minimum atomic E-state index is -0.923. The van der Waals surface area contributed by atoms with E-state index in [0.717, 1.165) is 17.7 Å².